The molecule has 13 heteroatoms. The molecule has 0 saturated carbocycles. The molecular weight excluding hydrogens is 454 g/mol. The Morgan fingerprint density at radius 3 is 1.97 bits per heavy atom. The van der Waals surface area contributed by atoms with Gasteiger partial charge in [-0.1, -0.05) is 13.8 Å². The first-order valence-electron chi connectivity index (χ1n) is 10.7. The number of carboxylic acid groups (broad SMARTS) is 2. The van der Waals surface area contributed by atoms with E-state index >= 15 is 0 Å². The molecule has 33 heavy (non-hydrogen) atoms. The predicted molar refractivity (Wildman–Crippen MR) is 124 cm³/mol. The summed E-state index contributed by atoms with van der Waals surface area (Å²) in [5.41, 5.74) is 11.1. The van der Waals surface area contributed by atoms with Crippen molar-refractivity contribution in [3.05, 3.63) is 0 Å². The first-order chi connectivity index (χ1) is 15.4. The van der Waals surface area contributed by atoms with Crippen molar-refractivity contribution in [2.45, 2.75) is 70.1 Å². The van der Waals surface area contributed by atoms with E-state index in [0.717, 1.165) is 0 Å². The summed E-state index contributed by atoms with van der Waals surface area (Å²) in [7, 11) is 0. The van der Waals surface area contributed by atoms with Crippen LogP contribution in [0.4, 0.5) is 0 Å². The van der Waals surface area contributed by atoms with Gasteiger partial charge in [-0.2, -0.15) is 11.8 Å². The molecule has 0 saturated heterocycles. The highest BCUT2D eigenvalue weighted by Crippen LogP contribution is 2.08. The molecule has 4 unspecified atom stereocenters. The molecule has 0 aromatic rings. The van der Waals surface area contributed by atoms with Crippen molar-refractivity contribution in [2.24, 2.45) is 17.4 Å². The van der Waals surface area contributed by atoms with Gasteiger partial charge in [-0.05, 0) is 50.2 Å². The van der Waals surface area contributed by atoms with Crippen LogP contribution < -0.4 is 27.4 Å². The SMILES string of the molecule is CSCCC(NC(=O)C(CCCCN)NC(=O)C(NC(=O)C(N)CC(=O)O)C(C)C)C(=O)O. The maximum absolute atomic E-state index is 12.9. The molecule has 0 radical (unpaired) electrons. The molecule has 0 aliphatic rings. The number of thioether (sulfide) groups is 1. The van der Waals surface area contributed by atoms with Crippen LogP contribution in [0.5, 0.6) is 0 Å². The largest absolute Gasteiger partial charge is 0.481 e. The van der Waals surface area contributed by atoms with Crippen molar-refractivity contribution < 1.29 is 34.2 Å². The van der Waals surface area contributed by atoms with Crippen LogP contribution in [0.3, 0.4) is 0 Å². The number of unbranched alkanes of at least 4 members (excludes halogenated alkanes) is 1. The maximum atomic E-state index is 12.9. The lowest BCUT2D eigenvalue weighted by atomic mass is 10.0. The molecule has 0 spiro atoms. The lowest BCUT2D eigenvalue weighted by Crippen LogP contribution is -2.58. The Morgan fingerprint density at radius 2 is 1.48 bits per heavy atom. The topological polar surface area (TPSA) is 214 Å². The quantitative estimate of drug-likeness (QED) is 0.121. The van der Waals surface area contributed by atoms with Crippen LogP contribution in [0.15, 0.2) is 0 Å². The van der Waals surface area contributed by atoms with Crippen LogP contribution in [0.2, 0.25) is 0 Å². The van der Waals surface area contributed by atoms with Crippen LogP contribution >= 0.6 is 11.8 Å². The van der Waals surface area contributed by atoms with Crippen molar-refractivity contribution in [3.63, 3.8) is 0 Å². The minimum Gasteiger partial charge on any atom is -0.481 e. The molecular formula is C20H37N5O7S. The van der Waals surface area contributed by atoms with E-state index in [-0.39, 0.29) is 12.8 Å². The summed E-state index contributed by atoms with van der Waals surface area (Å²) in [6.45, 7) is 3.72. The van der Waals surface area contributed by atoms with Gasteiger partial charge in [-0.3, -0.25) is 19.2 Å². The van der Waals surface area contributed by atoms with Crippen LogP contribution in [0.1, 0.15) is 46.0 Å². The Morgan fingerprint density at radius 1 is 0.879 bits per heavy atom. The Bertz CT molecular complexity index is 677. The summed E-state index contributed by atoms with van der Waals surface area (Å²) in [4.78, 5) is 60.2. The van der Waals surface area contributed by atoms with Gasteiger partial charge >= 0.3 is 11.9 Å². The minimum atomic E-state index is -1.34. The molecule has 0 aromatic carbocycles. The van der Waals surface area contributed by atoms with Crippen molar-refractivity contribution in [1.82, 2.24) is 16.0 Å². The second-order valence-electron chi connectivity index (χ2n) is 7.96. The minimum absolute atomic E-state index is 0.220. The van der Waals surface area contributed by atoms with E-state index in [1.165, 1.54) is 11.8 Å². The van der Waals surface area contributed by atoms with E-state index in [9.17, 15) is 29.1 Å². The third-order valence-electron chi connectivity index (χ3n) is 4.78. The number of aliphatic carboxylic acids is 2. The number of nitrogens with two attached hydrogens (primary N) is 2. The molecule has 4 atom stereocenters. The molecule has 12 nitrogen and oxygen atoms in total. The Kier molecular flexibility index (Phi) is 15.1. The predicted octanol–water partition coefficient (Wildman–Crippen LogP) is -1.13. The van der Waals surface area contributed by atoms with Crippen LogP contribution in [0.25, 0.3) is 0 Å². The van der Waals surface area contributed by atoms with E-state index in [1.54, 1.807) is 13.8 Å². The second kappa shape index (κ2) is 16.3. The third-order valence-corrected chi connectivity index (χ3v) is 5.43. The zero-order valence-electron chi connectivity index (χ0n) is 19.3. The smallest absolute Gasteiger partial charge is 0.326 e. The molecule has 3 amide bonds. The van der Waals surface area contributed by atoms with Crippen molar-refractivity contribution >= 4 is 41.4 Å². The molecule has 0 bridgehead atoms. The van der Waals surface area contributed by atoms with Gasteiger partial charge in [0.1, 0.15) is 18.1 Å². The number of amides is 3. The van der Waals surface area contributed by atoms with E-state index < -0.39 is 66.2 Å². The van der Waals surface area contributed by atoms with Gasteiger partial charge in [0.05, 0.1) is 12.5 Å². The van der Waals surface area contributed by atoms with E-state index in [0.29, 0.717) is 25.1 Å². The normalized spacial score (nSPS) is 14.6. The van der Waals surface area contributed by atoms with Gasteiger partial charge in [-0.15, -0.1) is 0 Å². The van der Waals surface area contributed by atoms with Crippen molar-refractivity contribution in [2.75, 3.05) is 18.6 Å². The summed E-state index contributed by atoms with van der Waals surface area (Å²) < 4.78 is 0. The summed E-state index contributed by atoms with van der Waals surface area (Å²) in [6.07, 6.45) is 2.77. The average molecular weight is 492 g/mol. The van der Waals surface area contributed by atoms with Crippen molar-refractivity contribution in [1.29, 1.82) is 0 Å². The van der Waals surface area contributed by atoms with Gasteiger partial charge in [0, 0.05) is 0 Å². The number of nitrogens with one attached hydrogen (secondary N) is 3. The maximum Gasteiger partial charge on any atom is 0.326 e. The lowest BCUT2D eigenvalue weighted by Gasteiger charge is -2.27. The second-order valence-corrected chi connectivity index (χ2v) is 8.95. The summed E-state index contributed by atoms with van der Waals surface area (Å²) in [6, 6.07) is -4.55. The number of hydrogen-bond acceptors (Lipinski definition) is 8. The molecule has 0 fully saturated rings. The molecule has 190 valence electrons. The number of rotatable bonds is 17. The van der Waals surface area contributed by atoms with E-state index in [1.807, 2.05) is 6.26 Å². The first kappa shape index (κ1) is 30.6. The highest BCUT2D eigenvalue weighted by Gasteiger charge is 2.31. The standard InChI is InChI=1S/C20H37N5O7S/c1-11(2)16(25-17(28)12(22)10-15(26)27)19(30)23-13(6-4-5-8-21)18(29)24-14(20(31)32)7-9-33-3/h11-14,16H,4-10,21-22H2,1-3H3,(H,23,30)(H,24,29)(H,25,28)(H,26,27)(H,31,32). The Hall–Kier alpha value is -2.38. The first-order valence-corrected chi connectivity index (χ1v) is 12.1. The Balaban J connectivity index is 5.41. The van der Waals surface area contributed by atoms with Crippen LogP contribution in [-0.2, 0) is 24.0 Å². The third kappa shape index (κ3) is 12.4. The van der Waals surface area contributed by atoms with Crippen LogP contribution in [-0.4, -0.2) is 82.6 Å². The van der Waals surface area contributed by atoms with Crippen LogP contribution in [0, 0.1) is 5.92 Å². The number of carbonyl (C=O) groups excluding carboxylic acids is 3. The fraction of sp³-hybridized carbons (Fsp3) is 0.750. The molecule has 0 aliphatic carbocycles. The zero-order chi connectivity index (χ0) is 25.6. The van der Waals surface area contributed by atoms with E-state index in [4.69, 9.17) is 16.6 Å². The number of carbonyl (C=O) groups is 5. The fourth-order valence-electron chi connectivity index (χ4n) is 2.86. The summed E-state index contributed by atoms with van der Waals surface area (Å²) in [5, 5.41) is 25.6. The average Bonchev–Trinajstić information content (AvgIpc) is 2.72. The van der Waals surface area contributed by atoms with Crippen molar-refractivity contribution in [3.8, 4) is 0 Å². The monoisotopic (exact) mass is 491 g/mol. The lowest BCUT2D eigenvalue weighted by molar-refractivity contribution is -0.142. The Labute approximate surface area is 198 Å². The summed E-state index contributed by atoms with van der Waals surface area (Å²) in [5.74, 6) is -4.42. The highest BCUT2D eigenvalue weighted by molar-refractivity contribution is 7.98. The van der Waals surface area contributed by atoms with Gasteiger partial charge in [0.25, 0.3) is 0 Å². The molecule has 0 aliphatic heterocycles. The van der Waals surface area contributed by atoms with Gasteiger partial charge < -0.3 is 37.6 Å². The summed E-state index contributed by atoms with van der Waals surface area (Å²) >= 11 is 1.44. The highest BCUT2D eigenvalue weighted by atomic mass is 32.2. The molecule has 0 heterocycles. The molecule has 0 aromatic heterocycles. The fourth-order valence-corrected chi connectivity index (χ4v) is 3.34. The van der Waals surface area contributed by atoms with Gasteiger partial charge in [0.15, 0.2) is 0 Å². The van der Waals surface area contributed by atoms with Gasteiger partial charge in [0.2, 0.25) is 17.7 Å². The number of hydrogen-bond donors (Lipinski definition) is 7. The van der Waals surface area contributed by atoms with Gasteiger partial charge in [-0.25, -0.2) is 4.79 Å². The molecule has 9 N–H and O–H groups in total. The zero-order valence-corrected chi connectivity index (χ0v) is 20.2. The molecule has 0 rings (SSSR count). The number of carboxylic acids is 2. The van der Waals surface area contributed by atoms with E-state index in [2.05, 4.69) is 16.0 Å².